The Balaban J connectivity index is 2.06. The third kappa shape index (κ3) is 4.70. The van der Waals surface area contributed by atoms with Crippen molar-refractivity contribution in [2.45, 2.75) is 18.2 Å². The van der Waals surface area contributed by atoms with Crippen molar-refractivity contribution in [3.05, 3.63) is 58.1 Å². The molecule has 122 valence electrons. The maximum absolute atomic E-state index is 12.3. The second kappa shape index (κ2) is 7.34. The van der Waals surface area contributed by atoms with E-state index in [0.717, 1.165) is 5.56 Å². The summed E-state index contributed by atoms with van der Waals surface area (Å²) in [5, 5.41) is 3.06. The smallest absolute Gasteiger partial charge is 0.225 e. The molecule has 0 aliphatic carbocycles. The molecule has 0 atom stereocenters. The number of anilines is 1. The molecule has 0 aliphatic heterocycles. The zero-order valence-electron chi connectivity index (χ0n) is 12.3. The van der Waals surface area contributed by atoms with Crippen molar-refractivity contribution < 1.29 is 13.2 Å². The summed E-state index contributed by atoms with van der Waals surface area (Å²) in [4.78, 5) is 11.9. The maximum atomic E-state index is 12.3. The van der Waals surface area contributed by atoms with Gasteiger partial charge in [-0.15, -0.1) is 0 Å². The van der Waals surface area contributed by atoms with Crippen LogP contribution in [0.5, 0.6) is 0 Å². The molecule has 0 aliphatic rings. The number of carbonyl (C=O) groups excluding carboxylic acids is 1. The summed E-state index contributed by atoms with van der Waals surface area (Å²) in [5.74, 6) is -0.717. The normalized spacial score (nSPS) is 11.3. The lowest BCUT2D eigenvalue weighted by Crippen LogP contribution is -2.18. The number of para-hydroxylation sites is 1. The van der Waals surface area contributed by atoms with Crippen molar-refractivity contribution in [1.29, 1.82) is 0 Å². The lowest BCUT2D eigenvalue weighted by molar-refractivity contribution is -0.115. The molecular weight excluding hydrogens is 357 g/mol. The fourth-order valence-corrected chi connectivity index (χ4v) is 4.03. The van der Waals surface area contributed by atoms with Gasteiger partial charge in [0.15, 0.2) is 9.84 Å². The standard InChI is InChI=1S/C16H15Cl2NO3S/c1-11-4-2-3-5-14(11)19-16(20)8-9-23(21,22)15-10-12(17)6-7-13(15)18/h2-7,10H,8-9H2,1H3,(H,19,20). The van der Waals surface area contributed by atoms with Gasteiger partial charge in [-0.25, -0.2) is 8.42 Å². The number of carbonyl (C=O) groups is 1. The summed E-state index contributed by atoms with van der Waals surface area (Å²) in [6.07, 6.45) is -0.167. The Morgan fingerprint density at radius 2 is 1.83 bits per heavy atom. The molecule has 23 heavy (non-hydrogen) atoms. The van der Waals surface area contributed by atoms with Gasteiger partial charge in [0.1, 0.15) is 0 Å². The molecule has 1 N–H and O–H groups in total. The average Bonchev–Trinajstić information content (AvgIpc) is 2.50. The Morgan fingerprint density at radius 1 is 1.13 bits per heavy atom. The van der Waals surface area contributed by atoms with Crippen LogP contribution in [0.2, 0.25) is 10.0 Å². The first-order valence-electron chi connectivity index (χ1n) is 6.83. The number of hydrogen-bond acceptors (Lipinski definition) is 3. The lowest BCUT2D eigenvalue weighted by atomic mass is 10.2. The molecule has 0 spiro atoms. The summed E-state index contributed by atoms with van der Waals surface area (Å²) < 4.78 is 24.6. The lowest BCUT2D eigenvalue weighted by Gasteiger charge is -2.09. The fourth-order valence-electron chi connectivity index (χ4n) is 1.98. The van der Waals surface area contributed by atoms with Crippen molar-refractivity contribution >= 4 is 44.6 Å². The van der Waals surface area contributed by atoms with Crippen molar-refractivity contribution in [3.8, 4) is 0 Å². The van der Waals surface area contributed by atoms with Gasteiger partial charge in [-0.05, 0) is 36.8 Å². The molecule has 2 rings (SSSR count). The minimum atomic E-state index is -3.69. The predicted octanol–water partition coefficient (Wildman–Crippen LogP) is 4.10. The summed E-state index contributed by atoms with van der Waals surface area (Å²) >= 11 is 11.7. The quantitative estimate of drug-likeness (QED) is 0.859. The van der Waals surface area contributed by atoms with Gasteiger partial charge >= 0.3 is 0 Å². The Bertz CT molecular complexity index is 835. The first-order chi connectivity index (χ1) is 10.8. The third-order valence-corrected chi connectivity index (χ3v) is 5.67. The number of benzene rings is 2. The minimum absolute atomic E-state index is 0.0599. The molecule has 0 heterocycles. The summed E-state index contributed by atoms with van der Waals surface area (Å²) in [5.41, 5.74) is 1.57. The van der Waals surface area contributed by atoms with E-state index in [1.807, 2.05) is 19.1 Å². The number of sulfone groups is 1. The number of halogens is 2. The second-order valence-corrected chi connectivity index (χ2v) is 7.93. The molecular formula is C16H15Cl2NO3S. The molecule has 0 unspecified atom stereocenters. The molecule has 4 nitrogen and oxygen atoms in total. The molecule has 0 saturated carbocycles. The first-order valence-corrected chi connectivity index (χ1v) is 9.24. The van der Waals surface area contributed by atoms with E-state index in [0.29, 0.717) is 5.69 Å². The van der Waals surface area contributed by atoms with Gasteiger partial charge in [0.2, 0.25) is 5.91 Å². The zero-order chi connectivity index (χ0) is 17.0. The fraction of sp³-hybridized carbons (Fsp3) is 0.188. The van der Waals surface area contributed by atoms with Gasteiger partial charge < -0.3 is 5.32 Å². The number of nitrogens with one attached hydrogen (secondary N) is 1. The Labute approximate surface area is 145 Å². The number of amides is 1. The molecule has 7 heteroatoms. The van der Waals surface area contributed by atoms with E-state index in [1.165, 1.54) is 18.2 Å². The van der Waals surface area contributed by atoms with Crippen LogP contribution < -0.4 is 5.32 Å². The van der Waals surface area contributed by atoms with Crippen LogP contribution in [-0.2, 0) is 14.6 Å². The topological polar surface area (TPSA) is 63.2 Å². The molecule has 2 aromatic rings. The number of rotatable bonds is 5. The molecule has 0 radical (unpaired) electrons. The van der Waals surface area contributed by atoms with Crippen LogP contribution in [0.4, 0.5) is 5.69 Å². The highest BCUT2D eigenvalue weighted by atomic mass is 35.5. The van der Waals surface area contributed by atoms with Gasteiger partial charge in [0.05, 0.1) is 15.7 Å². The highest BCUT2D eigenvalue weighted by Crippen LogP contribution is 2.26. The molecule has 1 amide bonds. The average molecular weight is 372 g/mol. The van der Waals surface area contributed by atoms with Gasteiger partial charge in [-0.3, -0.25) is 4.79 Å². The van der Waals surface area contributed by atoms with E-state index in [9.17, 15) is 13.2 Å². The van der Waals surface area contributed by atoms with Crippen LogP contribution >= 0.6 is 23.2 Å². The van der Waals surface area contributed by atoms with Gasteiger partial charge in [-0.2, -0.15) is 0 Å². The van der Waals surface area contributed by atoms with Crippen LogP contribution in [-0.4, -0.2) is 20.1 Å². The van der Waals surface area contributed by atoms with Gasteiger partial charge in [0.25, 0.3) is 0 Å². The van der Waals surface area contributed by atoms with Crippen LogP contribution in [0.1, 0.15) is 12.0 Å². The Kier molecular flexibility index (Phi) is 5.68. The first kappa shape index (κ1) is 17.8. The SMILES string of the molecule is Cc1ccccc1NC(=O)CCS(=O)(=O)c1cc(Cl)ccc1Cl. The van der Waals surface area contributed by atoms with Gasteiger partial charge in [-0.1, -0.05) is 41.4 Å². The highest BCUT2D eigenvalue weighted by Gasteiger charge is 2.20. The summed E-state index contributed by atoms with van der Waals surface area (Å²) in [6, 6.07) is 11.5. The van der Waals surface area contributed by atoms with Gasteiger partial charge in [0, 0.05) is 17.1 Å². The van der Waals surface area contributed by atoms with Crippen molar-refractivity contribution in [1.82, 2.24) is 0 Å². The zero-order valence-corrected chi connectivity index (χ0v) is 14.7. The van der Waals surface area contributed by atoms with E-state index in [4.69, 9.17) is 23.2 Å². The molecule has 0 bridgehead atoms. The summed E-state index contributed by atoms with van der Waals surface area (Å²) in [7, 11) is -3.69. The van der Waals surface area contributed by atoms with E-state index in [1.54, 1.807) is 12.1 Å². The van der Waals surface area contributed by atoms with Crippen molar-refractivity contribution in [2.75, 3.05) is 11.1 Å². The second-order valence-electron chi connectivity index (χ2n) is 5.01. The predicted molar refractivity (Wildman–Crippen MR) is 92.9 cm³/mol. The maximum Gasteiger partial charge on any atom is 0.225 e. The monoisotopic (exact) mass is 371 g/mol. The molecule has 0 saturated heterocycles. The number of hydrogen-bond donors (Lipinski definition) is 1. The number of aryl methyl sites for hydroxylation is 1. The third-order valence-electron chi connectivity index (χ3n) is 3.25. The van der Waals surface area contributed by atoms with E-state index < -0.39 is 9.84 Å². The van der Waals surface area contributed by atoms with E-state index in [-0.39, 0.29) is 33.0 Å². The van der Waals surface area contributed by atoms with E-state index in [2.05, 4.69) is 5.32 Å². The van der Waals surface area contributed by atoms with Crippen LogP contribution in [0, 0.1) is 6.92 Å². The molecule has 0 aromatic heterocycles. The Morgan fingerprint density at radius 3 is 2.52 bits per heavy atom. The van der Waals surface area contributed by atoms with Crippen molar-refractivity contribution in [2.24, 2.45) is 0 Å². The van der Waals surface area contributed by atoms with Crippen molar-refractivity contribution in [3.63, 3.8) is 0 Å². The Hall–Kier alpha value is -1.56. The van der Waals surface area contributed by atoms with Crippen LogP contribution in [0.25, 0.3) is 0 Å². The molecule has 2 aromatic carbocycles. The largest absolute Gasteiger partial charge is 0.326 e. The van der Waals surface area contributed by atoms with Crippen LogP contribution in [0.3, 0.4) is 0 Å². The highest BCUT2D eigenvalue weighted by molar-refractivity contribution is 7.91. The minimum Gasteiger partial charge on any atom is -0.326 e. The molecule has 0 fully saturated rings. The summed E-state index contributed by atoms with van der Waals surface area (Å²) in [6.45, 7) is 1.86. The van der Waals surface area contributed by atoms with E-state index >= 15 is 0 Å². The van der Waals surface area contributed by atoms with Crippen LogP contribution in [0.15, 0.2) is 47.4 Å².